The lowest BCUT2D eigenvalue weighted by Gasteiger charge is -2.34. The van der Waals surface area contributed by atoms with Crippen LogP contribution >= 0.6 is 0 Å². The average Bonchev–Trinajstić information content (AvgIpc) is 2.87. The van der Waals surface area contributed by atoms with Crippen LogP contribution < -0.4 is 15.8 Å². The maximum absolute atomic E-state index is 13.1. The molecule has 0 radical (unpaired) electrons. The maximum Gasteiger partial charge on any atom is 0.416 e. The first-order valence-electron chi connectivity index (χ1n) is 11.6. The van der Waals surface area contributed by atoms with Crippen molar-refractivity contribution >= 4 is 28.4 Å². The Bertz CT molecular complexity index is 1430. The molecule has 5 rings (SSSR count). The van der Waals surface area contributed by atoms with E-state index in [0.29, 0.717) is 22.5 Å². The van der Waals surface area contributed by atoms with Crippen LogP contribution in [0.5, 0.6) is 0 Å². The quantitative estimate of drug-likeness (QED) is 0.445. The Morgan fingerprint density at radius 1 is 0.972 bits per heavy atom. The summed E-state index contributed by atoms with van der Waals surface area (Å²) in [7, 11) is 2.12. The number of pyridine rings is 1. The third-order valence-corrected chi connectivity index (χ3v) is 6.31. The number of nitrogens with one attached hydrogen (secondary N) is 1. The van der Waals surface area contributed by atoms with Gasteiger partial charge in [0.2, 0.25) is 5.95 Å². The van der Waals surface area contributed by atoms with E-state index in [1.807, 2.05) is 24.3 Å². The molecule has 7 nitrogen and oxygen atoms in total. The molecular formula is C26H25F3N6O. The highest BCUT2D eigenvalue weighted by atomic mass is 19.4. The van der Waals surface area contributed by atoms with E-state index in [2.05, 4.69) is 32.1 Å². The smallest absolute Gasteiger partial charge is 0.369 e. The van der Waals surface area contributed by atoms with E-state index < -0.39 is 11.7 Å². The Kier molecular flexibility index (Phi) is 6.36. The van der Waals surface area contributed by atoms with Crippen molar-refractivity contribution in [3.05, 3.63) is 88.3 Å². The van der Waals surface area contributed by atoms with E-state index in [-0.39, 0.29) is 12.1 Å². The summed E-state index contributed by atoms with van der Waals surface area (Å²) in [6.07, 6.45) is -2.87. The van der Waals surface area contributed by atoms with Gasteiger partial charge in [-0.2, -0.15) is 18.2 Å². The molecule has 0 aliphatic carbocycles. The largest absolute Gasteiger partial charge is 0.416 e. The number of piperazine rings is 1. The third kappa shape index (κ3) is 5.18. The molecule has 1 aliphatic heterocycles. The SMILES string of the molecule is CN1CCN(c2ccc(Nc3ncc4ccc(=O)n(Cc5cccc(C(F)(F)F)c5)c4n3)cc2)CC1. The molecule has 1 aliphatic rings. The molecule has 1 N–H and O–H groups in total. The van der Waals surface area contributed by atoms with E-state index in [0.717, 1.165) is 49.7 Å². The standard InChI is InChI=1S/C26H25F3N6O/c1-33-11-13-34(14-12-33)22-8-6-21(7-9-22)31-25-30-16-19-5-10-23(36)35(24(19)32-25)17-18-3-2-4-20(15-18)26(27,28)29/h2-10,15-16H,11-14,17H2,1H3,(H,30,31,32). The minimum atomic E-state index is -4.46. The summed E-state index contributed by atoms with van der Waals surface area (Å²) in [6, 6.07) is 15.9. The van der Waals surface area contributed by atoms with E-state index >= 15 is 0 Å². The number of alkyl halides is 3. The van der Waals surface area contributed by atoms with E-state index in [1.165, 1.54) is 16.7 Å². The summed E-state index contributed by atoms with van der Waals surface area (Å²) < 4.78 is 40.8. The predicted octanol–water partition coefficient (Wildman–Crippen LogP) is 4.35. The molecule has 1 saturated heterocycles. The van der Waals surface area contributed by atoms with Crippen LogP contribution in [-0.4, -0.2) is 52.7 Å². The van der Waals surface area contributed by atoms with Crippen LogP contribution in [0.2, 0.25) is 0 Å². The van der Waals surface area contributed by atoms with E-state index in [4.69, 9.17) is 0 Å². The fraction of sp³-hybridized carbons (Fsp3) is 0.269. The lowest BCUT2D eigenvalue weighted by atomic mass is 10.1. The fourth-order valence-electron chi connectivity index (χ4n) is 4.26. The molecule has 10 heteroatoms. The van der Waals surface area contributed by atoms with E-state index in [9.17, 15) is 18.0 Å². The normalized spacial score (nSPS) is 14.8. The van der Waals surface area contributed by atoms with Crippen molar-refractivity contribution in [2.24, 2.45) is 0 Å². The second-order valence-electron chi connectivity index (χ2n) is 8.89. The molecule has 0 saturated carbocycles. The summed E-state index contributed by atoms with van der Waals surface area (Å²) in [6.45, 7) is 3.94. The second-order valence-corrected chi connectivity index (χ2v) is 8.89. The first kappa shape index (κ1) is 23.8. The molecule has 186 valence electrons. The number of rotatable bonds is 5. The van der Waals surface area contributed by atoms with Crippen LogP contribution in [0, 0.1) is 0 Å². The molecular weight excluding hydrogens is 469 g/mol. The third-order valence-electron chi connectivity index (χ3n) is 6.31. The molecule has 4 aromatic rings. The van der Waals surface area contributed by atoms with Gasteiger partial charge < -0.3 is 15.1 Å². The number of benzene rings is 2. The predicted molar refractivity (Wildman–Crippen MR) is 134 cm³/mol. The number of likely N-dealkylation sites (N-methyl/N-ethyl adjacent to an activating group) is 1. The van der Waals surface area contributed by atoms with Crippen molar-refractivity contribution in [3.63, 3.8) is 0 Å². The van der Waals surface area contributed by atoms with Gasteiger partial charge in [-0.05, 0) is 55.1 Å². The molecule has 0 bridgehead atoms. The van der Waals surface area contributed by atoms with E-state index in [1.54, 1.807) is 18.3 Å². The molecule has 3 heterocycles. The van der Waals surface area contributed by atoms with Gasteiger partial charge in [-0.25, -0.2) is 4.98 Å². The van der Waals surface area contributed by atoms with Crippen LogP contribution in [0.15, 0.2) is 71.7 Å². The molecule has 0 spiro atoms. The zero-order valence-electron chi connectivity index (χ0n) is 19.7. The minimum Gasteiger partial charge on any atom is -0.369 e. The summed E-state index contributed by atoms with van der Waals surface area (Å²) in [5, 5.41) is 3.77. The Labute approximate surface area is 205 Å². The molecule has 2 aromatic carbocycles. The number of hydrogen-bond donors (Lipinski definition) is 1. The Hall–Kier alpha value is -3.92. The Balaban J connectivity index is 1.40. The zero-order chi connectivity index (χ0) is 25.3. The van der Waals surface area contributed by atoms with Gasteiger partial charge in [0.15, 0.2) is 0 Å². The summed E-state index contributed by atoms with van der Waals surface area (Å²) in [4.78, 5) is 26.2. The van der Waals surface area contributed by atoms with Crippen molar-refractivity contribution in [2.45, 2.75) is 12.7 Å². The highest BCUT2D eigenvalue weighted by Gasteiger charge is 2.30. The van der Waals surface area contributed by atoms with Crippen molar-refractivity contribution in [2.75, 3.05) is 43.4 Å². The molecule has 0 amide bonds. The van der Waals surface area contributed by atoms with Gasteiger partial charge in [0.25, 0.3) is 5.56 Å². The van der Waals surface area contributed by atoms with Crippen molar-refractivity contribution in [1.82, 2.24) is 19.4 Å². The molecule has 0 atom stereocenters. The van der Waals surface area contributed by atoms with Crippen molar-refractivity contribution in [1.29, 1.82) is 0 Å². The average molecular weight is 495 g/mol. The van der Waals surface area contributed by atoms with Crippen molar-refractivity contribution in [3.8, 4) is 0 Å². The minimum absolute atomic E-state index is 0.0454. The van der Waals surface area contributed by atoms with Gasteiger partial charge in [-0.3, -0.25) is 9.36 Å². The van der Waals surface area contributed by atoms with Gasteiger partial charge in [-0.15, -0.1) is 0 Å². The van der Waals surface area contributed by atoms with Crippen LogP contribution in [0.1, 0.15) is 11.1 Å². The van der Waals surface area contributed by atoms with Gasteiger partial charge in [0.05, 0.1) is 12.1 Å². The molecule has 36 heavy (non-hydrogen) atoms. The lowest BCUT2D eigenvalue weighted by Crippen LogP contribution is -2.44. The number of nitrogens with zero attached hydrogens (tertiary/aromatic N) is 5. The topological polar surface area (TPSA) is 66.3 Å². The highest BCUT2D eigenvalue weighted by molar-refractivity contribution is 5.76. The van der Waals surface area contributed by atoms with Gasteiger partial charge in [-0.1, -0.05) is 12.1 Å². The van der Waals surface area contributed by atoms with Crippen LogP contribution in [0.4, 0.5) is 30.5 Å². The first-order chi connectivity index (χ1) is 17.3. The fourth-order valence-corrected chi connectivity index (χ4v) is 4.26. The number of hydrogen-bond acceptors (Lipinski definition) is 6. The maximum atomic E-state index is 13.1. The van der Waals surface area contributed by atoms with Gasteiger partial charge in [0, 0.05) is 55.2 Å². The summed E-state index contributed by atoms with van der Waals surface area (Å²) in [5.74, 6) is 0.290. The Morgan fingerprint density at radius 3 is 2.44 bits per heavy atom. The molecule has 0 unspecified atom stereocenters. The van der Waals surface area contributed by atoms with Crippen LogP contribution in [0.25, 0.3) is 11.0 Å². The van der Waals surface area contributed by atoms with Gasteiger partial charge >= 0.3 is 6.18 Å². The number of anilines is 3. The van der Waals surface area contributed by atoms with Gasteiger partial charge in [0.1, 0.15) is 5.65 Å². The molecule has 1 fully saturated rings. The number of fused-ring (bicyclic) bond motifs is 1. The van der Waals surface area contributed by atoms with Crippen molar-refractivity contribution < 1.29 is 13.2 Å². The number of halogens is 3. The zero-order valence-corrected chi connectivity index (χ0v) is 19.7. The highest BCUT2D eigenvalue weighted by Crippen LogP contribution is 2.30. The van der Waals surface area contributed by atoms with Crippen LogP contribution in [-0.2, 0) is 12.7 Å². The Morgan fingerprint density at radius 2 is 1.72 bits per heavy atom. The summed E-state index contributed by atoms with van der Waals surface area (Å²) in [5.41, 5.74) is 1.50. The number of aromatic nitrogens is 3. The second kappa shape index (κ2) is 9.62. The molecule has 2 aromatic heterocycles. The monoisotopic (exact) mass is 494 g/mol. The first-order valence-corrected chi connectivity index (χ1v) is 11.6. The van der Waals surface area contributed by atoms with Crippen LogP contribution in [0.3, 0.4) is 0 Å². The lowest BCUT2D eigenvalue weighted by molar-refractivity contribution is -0.137. The summed E-state index contributed by atoms with van der Waals surface area (Å²) >= 11 is 0.